The number of amides is 1. The van der Waals surface area contributed by atoms with E-state index in [4.69, 9.17) is 16.3 Å². The molecule has 0 radical (unpaired) electrons. The smallest absolute Gasteiger partial charge is 0.224 e. The van der Waals surface area contributed by atoms with Crippen molar-refractivity contribution in [3.63, 3.8) is 0 Å². The first-order valence-electron chi connectivity index (χ1n) is 9.61. The van der Waals surface area contributed by atoms with Crippen molar-refractivity contribution >= 4 is 35.0 Å². The van der Waals surface area contributed by atoms with Gasteiger partial charge >= 0.3 is 0 Å². The van der Waals surface area contributed by atoms with E-state index >= 15 is 0 Å². The highest BCUT2D eigenvalue weighted by Gasteiger charge is 2.27. The van der Waals surface area contributed by atoms with Gasteiger partial charge < -0.3 is 15.0 Å². The van der Waals surface area contributed by atoms with Crippen molar-refractivity contribution in [2.75, 3.05) is 37.0 Å². The highest BCUT2D eigenvalue weighted by atomic mass is 35.5. The molecule has 2 saturated heterocycles. The van der Waals surface area contributed by atoms with E-state index in [9.17, 15) is 4.79 Å². The van der Waals surface area contributed by atoms with Crippen molar-refractivity contribution < 1.29 is 9.53 Å². The Morgan fingerprint density at radius 1 is 1.35 bits per heavy atom. The Bertz CT molecular complexity index is 607. The predicted molar refractivity (Wildman–Crippen MR) is 111 cm³/mol. The molecule has 0 saturated carbocycles. The van der Waals surface area contributed by atoms with Gasteiger partial charge in [0.2, 0.25) is 5.91 Å². The lowest BCUT2D eigenvalue weighted by Crippen LogP contribution is -2.44. The zero-order chi connectivity index (χ0) is 18.4. The monoisotopic (exact) mass is 396 g/mol. The van der Waals surface area contributed by atoms with Gasteiger partial charge in [0.05, 0.1) is 12.1 Å². The van der Waals surface area contributed by atoms with Crippen LogP contribution in [0.2, 0.25) is 5.02 Å². The molecule has 1 amide bonds. The first kappa shape index (κ1) is 19.8. The number of nitrogens with one attached hydrogen (secondary N) is 1. The molecule has 1 aromatic carbocycles. The van der Waals surface area contributed by atoms with Crippen molar-refractivity contribution in [3.05, 3.63) is 23.2 Å². The van der Waals surface area contributed by atoms with Gasteiger partial charge in [-0.15, -0.1) is 0 Å². The van der Waals surface area contributed by atoms with Crippen LogP contribution < -0.4 is 10.1 Å². The lowest BCUT2D eigenvalue weighted by Gasteiger charge is -2.40. The molecular formula is C20H29ClN2O2S. The summed E-state index contributed by atoms with van der Waals surface area (Å²) in [5, 5.41) is 3.47. The molecule has 2 aliphatic heterocycles. The predicted octanol–water partition coefficient (Wildman–Crippen LogP) is 4.67. The maximum absolute atomic E-state index is 12.3. The molecule has 2 heterocycles. The lowest BCUT2D eigenvalue weighted by atomic mass is 9.91. The molecule has 0 bridgehead atoms. The van der Waals surface area contributed by atoms with Crippen molar-refractivity contribution in [3.8, 4) is 5.75 Å². The van der Waals surface area contributed by atoms with Crippen LogP contribution in [-0.4, -0.2) is 48.6 Å². The third-order valence-electron chi connectivity index (χ3n) is 5.47. The summed E-state index contributed by atoms with van der Waals surface area (Å²) < 4.78 is 5.14. The van der Waals surface area contributed by atoms with Gasteiger partial charge in [-0.2, -0.15) is 11.8 Å². The summed E-state index contributed by atoms with van der Waals surface area (Å²) in [5.41, 5.74) is 0.728. The molecule has 1 aromatic rings. The van der Waals surface area contributed by atoms with Crippen LogP contribution in [0.1, 0.15) is 38.5 Å². The maximum Gasteiger partial charge on any atom is 0.224 e. The van der Waals surface area contributed by atoms with Crippen LogP contribution in [-0.2, 0) is 4.79 Å². The fraction of sp³-hybridized carbons (Fsp3) is 0.650. The minimum absolute atomic E-state index is 0.0671. The largest absolute Gasteiger partial charge is 0.495 e. The summed E-state index contributed by atoms with van der Waals surface area (Å²) in [6.45, 7) is 2.40. The molecule has 6 heteroatoms. The van der Waals surface area contributed by atoms with E-state index in [1.54, 1.807) is 19.2 Å². The summed E-state index contributed by atoms with van der Waals surface area (Å²) in [6.07, 6.45) is 6.71. The molecule has 2 fully saturated rings. The number of piperidine rings is 1. The SMILES string of the molecule is COc1ccc(NC(=O)CCC2CCCN(C3CCSCC3)C2)cc1Cl. The first-order valence-corrected chi connectivity index (χ1v) is 11.1. The third-order valence-corrected chi connectivity index (χ3v) is 6.82. The van der Waals surface area contributed by atoms with Crippen molar-refractivity contribution in [2.45, 2.75) is 44.6 Å². The quantitative estimate of drug-likeness (QED) is 0.758. The lowest BCUT2D eigenvalue weighted by molar-refractivity contribution is -0.116. The molecular weight excluding hydrogens is 368 g/mol. The van der Waals surface area contributed by atoms with Gasteiger partial charge in [0.25, 0.3) is 0 Å². The zero-order valence-electron chi connectivity index (χ0n) is 15.5. The topological polar surface area (TPSA) is 41.6 Å². The van der Waals surface area contributed by atoms with Crippen LogP contribution in [0.5, 0.6) is 5.75 Å². The number of hydrogen-bond acceptors (Lipinski definition) is 4. The van der Waals surface area contributed by atoms with E-state index < -0.39 is 0 Å². The molecule has 0 spiro atoms. The van der Waals surface area contributed by atoms with E-state index in [1.165, 1.54) is 43.7 Å². The van der Waals surface area contributed by atoms with Crippen LogP contribution in [0.4, 0.5) is 5.69 Å². The standard InChI is InChI=1S/C20H29ClN2O2S/c1-25-19-6-5-16(13-18(19)21)22-20(24)7-4-15-3-2-10-23(14-15)17-8-11-26-12-9-17/h5-6,13,15,17H,2-4,7-12,14H2,1H3,(H,22,24). The van der Waals surface area contributed by atoms with Crippen LogP contribution in [0.15, 0.2) is 18.2 Å². The first-order chi connectivity index (χ1) is 12.7. The molecule has 1 unspecified atom stereocenters. The summed E-state index contributed by atoms with van der Waals surface area (Å²) in [5.74, 6) is 3.94. The van der Waals surface area contributed by atoms with Crippen LogP contribution in [0.3, 0.4) is 0 Å². The van der Waals surface area contributed by atoms with E-state index in [2.05, 4.69) is 22.0 Å². The van der Waals surface area contributed by atoms with E-state index in [0.29, 0.717) is 23.1 Å². The number of hydrogen-bond donors (Lipinski definition) is 1. The van der Waals surface area contributed by atoms with Crippen LogP contribution in [0.25, 0.3) is 0 Å². The Hall–Kier alpha value is -0.910. The van der Waals surface area contributed by atoms with Gasteiger partial charge in [0.1, 0.15) is 5.75 Å². The van der Waals surface area contributed by atoms with E-state index in [1.807, 2.05) is 6.07 Å². The summed E-state index contributed by atoms with van der Waals surface area (Å²) >= 11 is 8.20. The Kier molecular flexibility index (Phi) is 7.52. The van der Waals surface area contributed by atoms with Crippen molar-refractivity contribution in [2.24, 2.45) is 5.92 Å². The summed E-state index contributed by atoms with van der Waals surface area (Å²) in [6, 6.07) is 6.11. The van der Waals surface area contributed by atoms with E-state index in [-0.39, 0.29) is 5.91 Å². The fourth-order valence-corrected chi connectivity index (χ4v) is 5.36. The van der Waals surface area contributed by atoms with Gasteiger partial charge in [0.15, 0.2) is 0 Å². The summed E-state index contributed by atoms with van der Waals surface area (Å²) in [7, 11) is 1.58. The number of likely N-dealkylation sites (tertiary alicyclic amines) is 1. The molecule has 1 N–H and O–H groups in total. The van der Waals surface area contributed by atoms with Gasteiger partial charge in [-0.25, -0.2) is 0 Å². The van der Waals surface area contributed by atoms with Gasteiger partial charge in [0, 0.05) is 24.7 Å². The second-order valence-corrected chi connectivity index (χ2v) is 8.91. The number of carbonyl (C=O) groups is 1. The normalized spacial score (nSPS) is 22.2. The number of rotatable bonds is 6. The second kappa shape index (κ2) is 9.86. The number of thioether (sulfide) groups is 1. The molecule has 4 nitrogen and oxygen atoms in total. The minimum atomic E-state index is 0.0671. The number of benzene rings is 1. The fourth-order valence-electron chi connectivity index (χ4n) is 4.02. The highest BCUT2D eigenvalue weighted by molar-refractivity contribution is 7.99. The van der Waals surface area contributed by atoms with Gasteiger partial charge in [-0.3, -0.25) is 4.79 Å². The Morgan fingerprint density at radius 3 is 2.88 bits per heavy atom. The third kappa shape index (κ3) is 5.54. The van der Waals surface area contributed by atoms with E-state index in [0.717, 1.165) is 24.7 Å². The second-order valence-electron chi connectivity index (χ2n) is 7.28. The Balaban J connectivity index is 1.44. The summed E-state index contributed by atoms with van der Waals surface area (Å²) in [4.78, 5) is 15.0. The Morgan fingerprint density at radius 2 is 2.15 bits per heavy atom. The van der Waals surface area contributed by atoms with Crippen molar-refractivity contribution in [1.82, 2.24) is 4.90 Å². The molecule has 3 rings (SSSR count). The highest BCUT2D eigenvalue weighted by Crippen LogP contribution is 2.29. The average Bonchev–Trinajstić information content (AvgIpc) is 2.67. The number of halogens is 1. The molecule has 2 aliphatic rings. The van der Waals surface area contributed by atoms with Gasteiger partial charge in [-0.1, -0.05) is 11.6 Å². The number of methoxy groups -OCH3 is 1. The number of ether oxygens (including phenoxy) is 1. The number of anilines is 1. The molecule has 0 aromatic heterocycles. The number of carbonyl (C=O) groups excluding carboxylic acids is 1. The average molecular weight is 397 g/mol. The Labute approximate surface area is 166 Å². The molecule has 1 atom stereocenters. The zero-order valence-corrected chi connectivity index (χ0v) is 17.1. The molecule has 26 heavy (non-hydrogen) atoms. The van der Waals surface area contributed by atoms with Gasteiger partial charge in [-0.05, 0) is 74.3 Å². The van der Waals surface area contributed by atoms with Crippen LogP contribution >= 0.6 is 23.4 Å². The number of nitrogens with zero attached hydrogens (tertiary/aromatic N) is 1. The maximum atomic E-state index is 12.3. The molecule has 144 valence electrons. The van der Waals surface area contributed by atoms with Crippen LogP contribution in [0, 0.1) is 5.92 Å². The van der Waals surface area contributed by atoms with Crippen molar-refractivity contribution in [1.29, 1.82) is 0 Å². The minimum Gasteiger partial charge on any atom is -0.495 e. The molecule has 0 aliphatic carbocycles.